The Kier molecular flexibility index (Phi) is 7.09. The van der Waals surface area contributed by atoms with Crippen molar-refractivity contribution in [1.82, 2.24) is 0 Å². The zero-order chi connectivity index (χ0) is 14.2. The van der Waals surface area contributed by atoms with Gasteiger partial charge in [0.25, 0.3) is 0 Å². The first-order valence-corrected chi connectivity index (χ1v) is 8.99. The second-order valence-electron chi connectivity index (χ2n) is 5.95. The normalized spacial score (nSPS) is 26.6. The van der Waals surface area contributed by atoms with Crippen molar-refractivity contribution in [3.8, 4) is 0 Å². The van der Waals surface area contributed by atoms with Crippen LogP contribution in [-0.4, -0.2) is 18.0 Å². The fourth-order valence-corrected chi connectivity index (χ4v) is 3.88. The molecular formula is C18H27BrO. The highest BCUT2D eigenvalue weighted by atomic mass is 79.9. The van der Waals surface area contributed by atoms with Crippen molar-refractivity contribution >= 4 is 15.9 Å². The first kappa shape index (κ1) is 16.0. The van der Waals surface area contributed by atoms with E-state index in [0.717, 1.165) is 25.0 Å². The van der Waals surface area contributed by atoms with Crippen LogP contribution in [0.1, 0.15) is 56.9 Å². The number of rotatable bonds is 7. The van der Waals surface area contributed by atoms with Gasteiger partial charge in [-0.2, -0.15) is 0 Å². The van der Waals surface area contributed by atoms with Crippen molar-refractivity contribution in [2.24, 2.45) is 5.92 Å². The van der Waals surface area contributed by atoms with Crippen LogP contribution in [-0.2, 0) is 4.74 Å². The van der Waals surface area contributed by atoms with Crippen molar-refractivity contribution in [1.29, 1.82) is 0 Å². The third-order valence-electron chi connectivity index (χ3n) is 4.44. The maximum Gasteiger partial charge on any atom is 0.0469 e. The van der Waals surface area contributed by atoms with Crippen LogP contribution in [0.15, 0.2) is 30.3 Å². The Hall–Kier alpha value is -0.340. The summed E-state index contributed by atoms with van der Waals surface area (Å²) in [5.41, 5.74) is 1.52. The molecule has 0 spiro atoms. The molecule has 1 nitrogen and oxygen atoms in total. The highest BCUT2D eigenvalue weighted by molar-refractivity contribution is 9.09. The molecule has 1 saturated carbocycles. The van der Waals surface area contributed by atoms with Gasteiger partial charge in [0.15, 0.2) is 0 Å². The highest BCUT2D eigenvalue weighted by Gasteiger charge is 2.29. The molecule has 1 aliphatic rings. The zero-order valence-electron chi connectivity index (χ0n) is 12.6. The summed E-state index contributed by atoms with van der Waals surface area (Å²) in [5.74, 6) is 1.50. The second-order valence-corrected chi connectivity index (χ2v) is 7.13. The lowest BCUT2D eigenvalue weighted by atomic mass is 9.77. The summed E-state index contributed by atoms with van der Waals surface area (Å²) in [5, 5.41) is 0. The largest absolute Gasteiger partial charge is 0.381 e. The number of hydrogen-bond acceptors (Lipinski definition) is 1. The molecule has 0 amide bonds. The van der Waals surface area contributed by atoms with E-state index in [4.69, 9.17) is 4.74 Å². The molecule has 0 heterocycles. The molecule has 3 atom stereocenters. The van der Waals surface area contributed by atoms with Crippen molar-refractivity contribution in [2.75, 3.05) is 13.2 Å². The van der Waals surface area contributed by atoms with Gasteiger partial charge in [0.05, 0.1) is 0 Å². The standard InChI is InChI=1S/C18H27BrO/c1-2-3-12-20-13-11-17-14-16(9-10-18(17)19)15-7-5-4-6-8-15/h4-8,16-18H,2-3,9-14H2,1H3. The molecule has 0 bridgehead atoms. The van der Waals surface area contributed by atoms with Crippen LogP contribution in [0.4, 0.5) is 0 Å². The van der Waals surface area contributed by atoms with Gasteiger partial charge in [0, 0.05) is 18.0 Å². The molecule has 3 unspecified atom stereocenters. The lowest BCUT2D eigenvalue weighted by Crippen LogP contribution is -2.25. The SMILES string of the molecule is CCCCOCCC1CC(c2ccccc2)CCC1Br. The molecule has 0 aliphatic heterocycles. The molecule has 0 radical (unpaired) electrons. The highest BCUT2D eigenvalue weighted by Crippen LogP contribution is 2.40. The van der Waals surface area contributed by atoms with Gasteiger partial charge in [-0.25, -0.2) is 0 Å². The van der Waals surface area contributed by atoms with Crippen LogP contribution in [0.25, 0.3) is 0 Å². The molecule has 20 heavy (non-hydrogen) atoms. The van der Waals surface area contributed by atoms with E-state index in [0.29, 0.717) is 4.83 Å². The maximum absolute atomic E-state index is 5.75. The quantitative estimate of drug-likeness (QED) is 0.468. The molecule has 0 saturated heterocycles. The lowest BCUT2D eigenvalue weighted by Gasteiger charge is -2.33. The first-order valence-electron chi connectivity index (χ1n) is 8.08. The Morgan fingerprint density at radius 2 is 1.95 bits per heavy atom. The molecule has 2 rings (SSSR count). The third-order valence-corrected chi connectivity index (χ3v) is 5.64. The van der Waals surface area contributed by atoms with E-state index in [1.807, 2.05) is 0 Å². The molecule has 2 heteroatoms. The minimum Gasteiger partial charge on any atom is -0.381 e. The second kappa shape index (κ2) is 8.84. The van der Waals surface area contributed by atoms with E-state index >= 15 is 0 Å². The van der Waals surface area contributed by atoms with Crippen LogP contribution in [0.2, 0.25) is 0 Å². The monoisotopic (exact) mass is 338 g/mol. The average molecular weight is 339 g/mol. The Morgan fingerprint density at radius 1 is 1.15 bits per heavy atom. The van der Waals surface area contributed by atoms with Crippen molar-refractivity contribution < 1.29 is 4.74 Å². The third kappa shape index (κ3) is 4.89. The van der Waals surface area contributed by atoms with Gasteiger partial charge in [-0.05, 0) is 49.5 Å². The van der Waals surface area contributed by atoms with Crippen LogP contribution >= 0.6 is 15.9 Å². The van der Waals surface area contributed by atoms with Gasteiger partial charge in [-0.15, -0.1) is 0 Å². The van der Waals surface area contributed by atoms with Gasteiger partial charge in [0.1, 0.15) is 0 Å². The van der Waals surface area contributed by atoms with Crippen molar-refractivity contribution in [2.45, 2.75) is 56.2 Å². The van der Waals surface area contributed by atoms with Crippen LogP contribution in [0.5, 0.6) is 0 Å². The van der Waals surface area contributed by atoms with Gasteiger partial charge in [0.2, 0.25) is 0 Å². The van der Waals surface area contributed by atoms with Crippen molar-refractivity contribution in [3.63, 3.8) is 0 Å². The van der Waals surface area contributed by atoms with Crippen LogP contribution < -0.4 is 0 Å². The van der Waals surface area contributed by atoms with E-state index in [-0.39, 0.29) is 0 Å². The van der Waals surface area contributed by atoms with Gasteiger partial charge in [-0.1, -0.05) is 59.6 Å². The Morgan fingerprint density at radius 3 is 2.70 bits per heavy atom. The van der Waals surface area contributed by atoms with Gasteiger partial charge < -0.3 is 4.74 Å². The van der Waals surface area contributed by atoms with Gasteiger partial charge >= 0.3 is 0 Å². The number of hydrogen-bond donors (Lipinski definition) is 0. The fraction of sp³-hybridized carbons (Fsp3) is 0.667. The van der Waals surface area contributed by atoms with Crippen LogP contribution in [0, 0.1) is 5.92 Å². The minimum absolute atomic E-state index is 0.678. The smallest absolute Gasteiger partial charge is 0.0469 e. The predicted molar refractivity (Wildman–Crippen MR) is 89.6 cm³/mol. The maximum atomic E-state index is 5.75. The summed E-state index contributed by atoms with van der Waals surface area (Å²) in [4.78, 5) is 0.678. The molecular weight excluding hydrogens is 312 g/mol. The average Bonchev–Trinajstić information content (AvgIpc) is 2.49. The fourth-order valence-electron chi connectivity index (χ4n) is 3.14. The van der Waals surface area contributed by atoms with E-state index in [2.05, 4.69) is 53.2 Å². The Labute approximate surface area is 132 Å². The molecule has 112 valence electrons. The summed E-state index contributed by atoms with van der Waals surface area (Å²) in [6, 6.07) is 11.0. The zero-order valence-corrected chi connectivity index (χ0v) is 14.1. The van der Waals surface area contributed by atoms with E-state index in [1.165, 1.54) is 44.1 Å². The summed E-state index contributed by atoms with van der Waals surface area (Å²) >= 11 is 3.88. The number of benzene rings is 1. The number of unbranched alkanes of at least 4 members (excludes halogenated alkanes) is 1. The molecule has 0 N–H and O–H groups in total. The Bertz CT molecular complexity index is 365. The minimum atomic E-state index is 0.678. The van der Waals surface area contributed by atoms with E-state index in [1.54, 1.807) is 0 Å². The number of halogens is 1. The van der Waals surface area contributed by atoms with Gasteiger partial charge in [-0.3, -0.25) is 0 Å². The molecule has 1 aromatic rings. The Balaban J connectivity index is 1.79. The van der Waals surface area contributed by atoms with E-state index in [9.17, 15) is 0 Å². The summed E-state index contributed by atoms with van der Waals surface area (Å²) in [6.45, 7) is 4.07. The predicted octanol–water partition coefficient (Wildman–Crippen LogP) is 5.54. The topological polar surface area (TPSA) is 9.23 Å². The molecule has 1 aliphatic carbocycles. The summed E-state index contributed by atoms with van der Waals surface area (Å²) in [6.07, 6.45) is 7.52. The molecule has 0 aromatic heterocycles. The molecule has 1 fully saturated rings. The number of ether oxygens (including phenoxy) is 1. The van der Waals surface area contributed by atoms with Crippen LogP contribution in [0.3, 0.4) is 0 Å². The summed E-state index contributed by atoms with van der Waals surface area (Å²) < 4.78 is 5.75. The van der Waals surface area contributed by atoms with E-state index < -0.39 is 0 Å². The molecule has 1 aromatic carbocycles. The summed E-state index contributed by atoms with van der Waals surface area (Å²) in [7, 11) is 0. The lowest BCUT2D eigenvalue weighted by molar-refractivity contribution is 0.111. The van der Waals surface area contributed by atoms with Crippen molar-refractivity contribution in [3.05, 3.63) is 35.9 Å². The number of alkyl halides is 1. The first-order chi connectivity index (χ1) is 9.81.